The molecule has 0 unspecified atom stereocenters. The van der Waals surface area contributed by atoms with Crippen LogP contribution in [0.4, 0.5) is 0 Å². The molecule has 78 valence electrons. The zero-order valence-electron chi connectivity index (χ0n) is 7.67. The van der Waals surface area contributed by atoms with Crippen molar-refractivity contribution in [1.82, 2.24) is 9.90 Å². The van der Waals surface area contributed by atoms with Gasteiger partial charge in [0, 0.05) is 0 Å². The van der Waals surface area contributed by atoms with E-state index in [9.17, 15) is 5.21 Å². The van der Waals surface area contributed by atoms with Gasteiger partial charge in [0.1, 0.15) is 11.8 Å². The third kappa shape index (κ3) is 1.67. The standard InChI is InChI=1S/C9H8ClN3O2/c10-9-8(6-14)12(11-13(9)15)7-4-2-1-3-5-7/h1-5,14H,6H2. The van der Waals surface area contributed by atoms with Crippen LogP contribution in [0.1, 0.15) is 5.69 Å². The van der Waals surface area contributed by atoms with E-state index in [1.807, 2.05) is 6.07 Å². The van der Waals surface area contributed by atoms with Gasteiger partial charge in [-0.3, -0.25) is 0 Å². The molecule has 0 spiro atoms. The van der Waals surface area contributed by atoms with Crippen molar-refractivity contribution >= 4 is 11.6 Å². The normalized spacial score (nSPS) is 10.5. The van der Waals surface area contributed by atoms with Crippen molar-refractivity contribution in [3.8, 4) is 5.69 Å². The molecule has 0 amide bonds. The molecule has 6 heteroatoms. The van der Waals surface area contributed by atoms with Crippen LogP contribution in [0.25, 0.3) is 5.69 Å². The molecule has 0 atom stereocenters. The Bertz CT molecular complexity index is 470. The topological polar surface area (TPSA) is 65.0 Å². The molecule has 0 aliphatic rings. The van der Waals surface area contributed by atoms with Crippen molar-refractivity contribution in [2.45, 2.75) is 6.61 Å². The van der Waals surface area contributed by atoms with E-state index < -0.39 is 0 Å². The van der Waals surface area contributed by atoms with E-state index in [0.29, 0.717) is 5.69 Å². The van der Waals surface area contributed by atoms with E-state index in [1.165, 1.54) is 4.68 Å². The minimum absolute atomic E-state index is 0.110. The van der Waals surface area contributed by atoms with Crippen molar-refractivity contribution in [3.63, 3.8) is 0 Å². The second kappa shape index (κ2) is 3.88. The summed E-state index contributed by atoms with van der Waals surface area (Å²) in [5.74, 6) is 0. The highest BCUT2D eigenvalue weighted by Gasteiger charge is 2.21. The summed E-state index contributed by atoms with van der Waals surface area (Å²) in [6, 6.07) is 8.99. The number of aromatic nitrogens is 3. The summed E-state index contributed by atoms with van der Waals surface area (Å²) in [6.45, 7) is -0.337. The molecule has 0 radical (unpaired) electrons. The molecule has 2 rings (SSSR count). The largest absolute Gasteiger partial charge is 0.690 e. The van der Waals surface area contributed by atoms with Gasteiger partial charge in [-0.15, -0.1) is 4.85 Å². The summed E-state index contributed by atoms with van der Waals surface area (Å²) in [7, 11) is 0. The summed E-state index contributed by atoms with van der Waals surface area (Å²) < 4.78 is 1.31. The Labute approximate surface area is 90.7 Å². The minimum Gasteiger partial charge on any atom is -0.690 e. The minimum atomic E-state index is -0.337. The lowest BCUT2D eigenvalue weighted by Gasteiger charge is -1.94. The molecule has 5 nitrogen and oxygen atoms in total. The fourth-order valence-corrected chi connectivity index (χ4v) is 1.45. The van der Waals surface area contributed by atoms with Crippen molar-refractivity contribution < 1.29 is 9.95 Å². The van der Waals surface area contributed by atoms with Gasteiger partial charge < -0.3 is 10.3 Å². The summed E-state index contributed by atoms with van der Waals surface area (Å²) in [4.78, 5) is 0.278. The molecule has 0 aliphatic carbocycles. The lowest BCUT2D eigenvalue weighted by atomic mass is 10.3. The van der Waals surface area contributed by atoms with Crippen LogP contribution in [0.3, 0.4) is 0 Å². The molecular weight excluding hydrogens is 218 g/mol. The molecule has 2 aromatic rings. The van der Waals surface area contributed by atoms with Crippen LogP contribution in [0, 0.1) is 5.21 Å². The quantitative estimate of drug-likeness (QED) is 0.603. The first-order valence-electron chi connectivity index (χ1n) is 4.27. The van der Waals surface area contributed by atoms with Crippen molar-refractivity contribution in [2.75, 3.05) is 0 Å². The van der Waals surface area contributed by atoms with E-state index in [0.717, 1.165) is 0 Å². The number of aliphatic hydroxyl groups is 1. The van der Waals surface area contributed by atoms with E-state index in [4.69, 9.17) is 16.7 Å². The summed E-state index contributed by atoms with van der Waals surface area (Å²) in [6.07, 6.45) is 0. The highest BCUT2D eigenvalue weighted by atomic mass is 35.5. The van der Waals surface area contributed by atoms with Crippen LogP contribution in [0.5, 0.6) is 0 Å². The number of hydrogen-bond donors (Lipinski definition) is 1. The molecule has 0 bridgehead atoms. The van der Waals surface area contributed by atoms with Gasteiger partial charge in [-0.2, -0.15) is 0 Å². The average molecular weight is 226 g/mol. The van der Waals surface area contributed by atoms with Gasteiger partial charge in [0.2, 0.25) is 5.69 Å². The molecule has 1 heterocycles. The molecule has 0 aliphatic heterocycles. The van der Waals surface area contributed by atoms with E-state index in [1.54, 1.807) is 24.3 Å². The number of nitrogens with zero attached hydrogens (tertiary/aromatic N) is 3. The summed E-state index contributed by atoms with van der Waals surface area (Å²) in [5.41, 5.74) is 0.955. The zero-order chi connectivity index (χ0) is 10.8. The fourth-order valence-electron chi connectivity index (χ4n) is 1.28. The van der Waals surface area contributed by atoms with Crippen LogP contribution in [0.15, 0.2) is 30.3 Å². The van der Waals surface area contributed by atoms with Gasteiger partial charge in [-0.05, 0) is 23.7 Å². The Hall–Kier alpha value is -1.59. The van der Waals surface area contributed by atoms with E-state index >= 15 is 0 Å². The smallest absolute Gasteiger partial charge is 0.268 e. The SMILES string of the molecule is [O-][n+]1nn(-c2ccccc2)c(CO)c1Cl. The predicted octanol–water partition coefficient (Wildman–Crippen LogP) is 0.651. The number of aliphatic hydroxyl groups excluding tert-OH is 1. The molecule has 0 fully saturated rings. The van der Waals surface area contributed by atoms with E-state index in [-0.39, 0.29) is 22.3 Å². The monoisotopic (exact) mass is 225 g/mol. The maximum absolute atomic E-state index is 11.1. The average Bonchev–Trinajstić information content (AvgIpc) is 2.56. The number of para-hydroxylation sites is 1. The highest BCUT2D eigenvalue weighted by Crippen LogP contribution is 2.14. The summed E-state index contributed by atoms with van der Waals surface area (Å²) in [5, 5.41) is 23.7. The van der Waals surface area contributed by atoms with Crippen molar-refractivity contribution in [2.24, 2.45) is 0 Å². The molecule has 1 aromatic heterocycles. The van der Waals surface area contributed by atoms with Gasteiger partial charge in [-0.25, -0.2) is 0 Å². The van der Waals surface area contributed by atoms with Gasteiger partial charge >= 0.3 is 0 Å². The van der Waals surface area contributed by atoms with Crippen LogP contribution in [-0.4, -0.2) is 15.0 Å². The maximum atomic E-state index is 11.1. The third-order valence-corrected chi connectivity index (χ3v) is 2.35. The Kier molecular flexibility index (Phi) is 2.57. The number of benzene rings is 1. The second-order valence-corrected chi connectivity index (χ2v) is 3.26. The Morgan fingerprint density at radius 3 is 2.67 bits per heavy atom. The molecule has 1 N–H and O–H groups in total. The first kappa shape index (κ1) is 9.95. The van der Waals surface area contributed by atoms with Gasteiger partial charge in [0.25, 0.3) is 5.15 Å². The van der Waals surface area contributed by atoms with Crippen molar-refractivity contribution in [3.05, 3.63) is 46.4 Å². The summed E-state index contributed by atoms with van der Waals surface area (Å²) >= 11 is 5.67. The van der Waals surface area contributed by atoms with Gasteiger partial charge in [0.15, 0.2) is 5.69 Å². The highest BCUT2D eigenvalue weighted by molar-refractivity contribution is 6.29. The molecule has 1 aromatic carbocycles. The molecule has 15 heavy (non-hydrogen) atoms. The van der Waals surface area contributed by atoms with Gasteiger partial charge in [-0.1, -0.05) is 22.9 Å². The van der Waals surface area contributed by atoms with Crippen LogP contribution in [-0.2, 0) is 6.61 Å². The van der Waals surface area contributed by atoms with Crippen LogP contribution >= 0.6 is 11.6 Å². The number of halogens is 1. The number of rotatable bonds is 2. The predicted molar refractivity (Wildman–Crippen MR) is 53.5 cm³/mol. The van der Waals surface area contributed by atoms with Gasteiger partial charge in [0.05, 0.1) is 0 Å². The maximum Gasteiger partial charge on any atom is 0.268 e. The molecule has 0 saturated heterocycles. The first-order chi connectivity index (χ1) is 7.24. The Morgan fingerprint density at radius 1 is 1.40 bits per heavy atom. The Balaban J connectivity index is 2.58. The fraction of sp³-hybridized carbons (Fsp3) is 0.111. The zero-order valence-corrected chi connectivity index (χ0v) is 8.42. The second-order valence-electron chi connectivity index (χ2n) is 2.91. The lowest BCUT2D eigenvalue weighted by Crippen LogP contribution is -2.29. The van der Waals surface area contributed by atoms with Crippen LogP contribution < -0.4 is 4.85 Å². The van der Waals surface area contributed by atoms with E-state index in [2.05, 4.69) is 5.21 Å². The third-order valence-electron chi connectivity index (χ3n) is 1.98. The molecular formula is C9H8ClN3O2. The number of hydrogen-bond acceptors (Lipinski definition) is 3. The molecule has 0 saturated carbocycles. The lowest BCUT2D eigenvalue weighted by molar-refractivity contribution is -0.668. The first-order valence-corrected chi connectivity index (χ1v) is 4.65. The van der Waals surface area contributed by atoms with Crippen molar-refractivity contribution in [1.29, 1.82) is 0 Å². The Morgan fingerprint density at radius 2 is 2.07 bits per heavy atom. The van der Waals surface area contributed by atoms with Crippen LogP contribution in [0.2, 0.25) is 5.15 Å².